The van der Waals surface area contributed by atoms with Crippen LogP contribution in [0.15, 0.2) is 188 Å². The molecule has 10 rings (SSSR count). The van der Waals surface area contributed by atoms with Gasteiger partial charge in [-0.15, -0.1) is 0 Å². The molecule has 0 fully saturated rings. The van der Waals surface area contributed by atoms with Gasteiger partial charge in [0.05, 0.1) is 11.0 Å². The Hall–Kier alpha value is -7.24. The van der Waals surface area contributed by atoms with E-state index in [1.54, 1.807) is 0 Å². The van der Waals surface area contributed by atoms with Crippen LogP contribution in [-0.4, -0.2) is 24.5 Å². The normalized spacial score (nSPS) is 11.4. The molecule has 0 amide bonds. The Bertz CT molecular complexity index is 2850. The molecule has 53 heavy (non-hydrogen) atoms. The Morgan fingerprint density at radius 3 is 1.43 bits per heavy atom. The number of hydrogen-bond acceptors (Lipinski definition) is 4. The third-order valence-electron chi connectivity index (χ3n) is 9.82. The summed E-state index contributed by atoms with van der Waals surface area (Å²) in [6, 6.07) is 65.2. The van der Waals surface area contributed by atoms with Crippen molar-refractivity contribution in [2.75, 3.05) is 0 Å². The number of para-hydroxylation sites is 3. The molecular weight excluding hydrogens is 647 g/mol. The topological polar surface area (TPSA) is 56.5 Å². The van der Waals surface area contributed by atoms with Crippen LogP contribution in [0.2, 0.25) is 0 Å². The van der Waals surface area contributed by atoms with Gasteiger partial charge in [-0.3, -0.25) is 4.57 Å². The highest BCUT2D eigenvalue weighted by Gasteiger charge is 2.16. The number of rotatable bonds is 6. The lowest BCUT2D eigenvalue weighted by Gasteiger charge is -2.11. The Morgan fingerprint density at radius 1 is 0.302 bits per heavy atom. The zero-order chi connectivity index (χ0) is 35.1. The summed E-state index contributed by atoms with van der Waals surface area (Å²) in [4.78, 5) is 20.3. The van der Waals surface area contributed by atoms with Crippen molar-refractivity contribution in [1.29, 1.82) is 0 Å². The van der Waals surface area contributed by atoms with E-state index in [0.29, 0.717) is 17.5 Å². The SMILES string of the molecule is c1ccc(-n2c(-c3ccc(-c4cccc(-c5nc(-c6ccc7ccccc7c6)nc(-c6ccc7ccccc7c6)n5)c4)cc3)nc3ccccc32)cc1. The second kappa shape index (κ2) is 12.8. The maximum atomic E-state index is 5.08. The molecule has 0 N–H and O–H groups in total. The van der Waals surface area contributed by atoms with Crippen molar-refractivity contribution in [3.8, 4) is 62.4 Å². The maximum Gasteiger partial charge on any atom is 0.164 e. The summed E-state index contributed by atoms with van der Waals surface area (Å²) >= 11 is 0. The summed E-state index contributed by atoms with van der Waals surface area (Å²) in [6.45, 7) is 0. The van der Waals surface area contributed by atoms with Gasteiger partial charge in [0.1, 0.15) is 5.82 Å². The molecule has 0 spiro atoms. The molecule has 0 saturated carbocycles. The minimum Gasteiger partial charge on any atom is -0.292 e. The molecule has 8 aromatic carbocycles. The van der Waals surface area contributed by atoms with Crippen molar-refractivity contribution in [2.45, 2.75) is 0 Å². The van der Waals surface area contributed by atoms with Gasteiger partial charge in [0.25, 0.3) is 0 Å². The number of fused-ring (bicyclic) bond motifs is 3. The van der Waals surface area contributed by atoms with Crippen LogP contribution in [0.5, 0.6) is 0 Å². The van der Waals surface area contributed by atoms with Gasteiger partial charge in [-0.05, 0) is 75.1 Å². The van der Waals surface area contributed by atoms with Crippen molar-refractivity contribution in [1.82, 2.24) is 24.5 Å². The number of nitrogens with zero attached hydrogens (tertiary/aromatic N) is 5. The van der Waals surface area contributed by atoms with Gasteiger partial charge >= 0.3 is 0 Å². The third-order valence-corrected chi connectivity index (χ3v) is 9.82. The third kappa shape index (κ3) is 5.71. The van der Waals surface area contributed by atoms with E-state index >= 15 is 0 Å². The second-order valence-corrected chi connectivity index (χ2v) is 13.2. The monoisotopic (exact) mass is 677 g/mol. The Labute approximate surface area is 306 Å². The molecule has 0 unspecified atom stereocenters. The lowest BCUT2D eigenvalue weighted by Crippen LogP contribution is -2.00. The lowest BCUT2D eigenvalue weighted by atomic mass is 10.0. The molecule has 5 heteroatoms. The molecule has 0 radical (unpaired) electrons. The molecule has 5 nitrogen and oxygen atoms in total. The highest BCUT2D eigenvalue weighted by molar-refractivity contribution is 5.89. The summed E-state index contributed by atoms with van der Waals surface area (Å²) in [7, 11) is 0. The van der Waals surface area contributed by atoms with Gasteiger partial charge in [0, 0.05) is 27.9 Å². The van der Waals surface area contributed by atoms with E-state index in [4.69, 9.17) is 19.9 Å². The molecular formula is C48H31N5. The lowest BCUT2D eigenvalue weighted by molar-refractivity contribution is 1.08. The molecule has 0 bridgehead atoms. The van der Waals surface area contributed by atoms with Crippen molar-refractivity contribution in [2.24, 2.45) is 0 Å². The van der Waals surface area contributed by atoms with E-state index in [1.807, 2.05) is 12.1 Å². The molecule has 0 aliphatic rings. The second-order valence-electron chi connectivity index (χ2n) is 13.2. The zero-order valence-electron chi connectivity index (χ0n) is 28.6. The maximum absolute atomic E-state index is 5.08. The van der Waals surface area contributed by atoms with Gasteiger partial charge in [0.2, 0.25) is 0 Å². The number of hydrogen-bond donors (Lipinski definition) is 0. The van der Waals surface area contributed by atoms with Gasteiger partial charge < -0.3 is 0 Å². The molecule has 10 aromatic rings. The minimum absolute atomic E-state index is 0.626. The van der Waals surface area contributed by atoms with Crippen LogP contribution in [0.4, 0.5) is 0 Å². The molecule has 0 aliphatic carbocycles. The smallest absolute Gasteiger partial charge is 0.164 e. The van der Waals surface area contributed by atoms with Gasteiger partial charge in [-0.25, -0.2) is 19.9 Å². The predicted molar refractivity (Wildman–Crippen MR) is 217 cm³/mol. The minimum atomic E-state index is 0.626. The molecule has 0 atom stereocenters. The van der Waals surface area contributed by atoms with Crippen LogP contribution in [-0.2, 0) is 0 Å². The fourth-order valence-electron chi connectivity index (χ4n) is 7.13. The van der Waals surface area contributed by atoms with Crippen LogP contribution in [0, 0.1) is 0 Å². The summed E-state index contributed by atoms with van der Waals surface area (Å²) in [5.41, 5.74) is 9.15. The fraction of sp³-hybridized carbons (Fsp3) is 0. The fourth-order valence-corrected chi connectivity index (χ4v) is 7.13. The first-order chi connectivity index (χ1) is 26.2. The van der Waals surface area contributed by atoms with Gasteiger partial charge in [0.15, 0.2) is 17.5 Å². The van der Waals surface area contributed by atoms with Crippen LogP contribution < -0.4 is 0 Å². The number of aromatic nitrogens is 5. The summed E-state index contributed by atoms with van der Waals surface area (Å²) in [6.07, 6.45) is 0. The van der Waals surface area contributed by atoms with Crippen molar-refractivity contribution in [3.63, 3.8) is 0 Å². The van der Waals surface area contributed by atoms with Gasteiger partial charge in [-0.1, -0.05) is 146 Å². The Morgan fingerprint density at radius 2 is 0.792 bits per heavy atom. The first kappa shape index (κ1) is 30.6. The molecule has 0 aliphatic heterocycles. The van der Waals surface area contributed by atoms with Crippen LogP contribution >= 0.6 is 0 Å². The average molecular weight is 678 g/mol. The van der Waals surface area contributed by atoms with E-state index in [0.717, 1.165) is 66.7 Å². The van der Waals surface area contributed by atoms with E-state index in [2.05, 4.69) is 180 Å². The van der Waals surface area contributed by atoms with Crippen LogP contribution in [0.1, 0.15) is 0 Å². The number of imidazole rings is 1. The summed E-state index contributed by atoms with van der Waals surface area (Å²) in [5, 5.41) is 4.64. The average Bonchev–Trinajstić information content (AvgIpc) is 3.63. The largest absolute Gasteiger partial charge is 0.292 e. The Kier molecular flexibility index (Phi) is 7.40. The van der Waals surface area contributed by atoms with Crippen LogP contribution in [0.25, 0.3) is 94.9 Å². The standard InChI is InChI=1S/C48H31N5/c1-2-17-42(18-3-1)53-44-20-9-8-19-43(44)49-48(53)35-25-21-34(22-26-35)38-15-10-16-39(29-38)45-50-46(40-27-23-32-11-4-6-13-36(32)30-40)52-47(51-45)41-28-24-33-12-5-7-14-37(33)31-41/h1-31H. The van der Waals surface area contributed by atoms with E-state index in [1.165, 1.54) is 10.8 Å². The van der Waals surface area contributed by atoms with E-state index in [9.17, 15) is 0 Å². The van der Waals surface area contributed by atoms with Crippen LogP contribution in [0.3, 0.4) is 0 Å². The van der Waals surface area contributed by atoms with Crippen molar-refractivity contribution in [3.05, 3.63) is 188 Å². The van der Waals surface area contributed by atoms with Crippen molar-refractivity contribution >= 4 is 32.6 Å². The Balaban J connectivity index is 1.06. The predicted octanol–water partition coefficient (Wildman–Crippen LogP) is 11.9. The first-order valence-corrected chi connectivity index (χ1v) is 17.7. The quantitative estimate of drug-likeness (QED) is 0.176. The number of benzene rings is 8. The van der Waals surface area contributed by atoms with Crippen molar-refractivity contribution < 1.29 is 0 Å². The molecule has 2 heterocycles. The molecule has 248 valence electrons. The molecule has 2 aromatic heterocycles. The summed E-state index contributed by atoms with van der Waals surface area (Å²) in [5.74, 6) is 2.81. The molecule has 0 saturated heterocycles. The summed E-state index contributed by atoms with van der Waals surface area (Å²) < 4.78 is 2.23. The van der Waals surface area contributed by atoms with E-state index in [-0.39, 0.29) is 0 Å². The highest BCUT2D eigenvalue weighted by atomic mass is 15.1. The zero-order valence-corrected chi connectivity index (χ0v) is 28.6. The van der Waals surface area contributed by atoms with Gasteiger partial charge in [-0.2, -0.15) is 0 Å². The highest BCUT2D eigenvalue weighted by Crippen LogP contribution is 2.33. The van der Waals surface area contributed by atoms with E-state index < -0.39 is 0 Å². The first-order valence-electron chi connectivity index (χ1n) is 17.7.